The predicted molar refractivity (Wildman–Crippen MR) is 143 cm³/mol. The van der Waals surface area contributed by atoms with E-state index in [1.807, 2.05) is 45.0 Å². The largest absolute Gasteiger partial charge is 0.444 e. The maximum Gasteiger partial charge on any atom is 0.410 e. The first-order valence-electron chi connectivity index (χ1n) is 11.2. The first-order chi connectivity index (χ1) is 15.2. The van der Waals surface area contributed by atoms with E-state index in [2.05, 4.69) is 25.8 Å². The summed E-state index contributed by atoms with van der Waals surface area (Å²) in [7, 11) is 3.38. The van der Waals surface area contributed by atoms with E-state index in [0.717, 1.165) is 44.1 Å². The molecular formula is C23H39IN6O3. The smallest absolute Gasteiger partial charge is 0.410 e. The molecule has 0 atom stereocenters. The SMILES string of the molecule is CN=C(NCCc1cccc(C(=O)NC)c1)NCCN1CCN(C(=O)OC(C)(C)C)CC1.I. The number of carbonyl (C=O) groups excluding carboxylic acids is 2. The van der Waals surface area contributed by atoms with Gasteiger partial charge in [0.15, 0.2) is 5.96 Å². The molecule has 0 radical (unpaired) electrons. The minimum Gasteiger partial charge on any atom is -0.444 e. The van der Waals surface area contributed by atoms with Crippen LogP contribution in [-0.4, -0.2) is 93.3 Å². The Hall–Kier alpha value is -2.08. The normalized spacial score (nSPS) is 14.8. The fourth-order valence-corrected chi connectivity index (χ4v) is 3.37. The summed E-state index contributed by atoms with van der Waals surface area (Å²) in [6, 6.07) is 7.63. The fraction of sp³-hybridized carbons (Fsp3) is 0.609. The molecule has 0 saturated carbocycles. The third-order valence-corrected chi connectivity index (χ3v) is 5.09. The Balaban J connectivity index is 0.00000544. The highest BCUT2D eigenvalue weighted by Gasteiger charge is 2.25. The molecule has 0 aliphatic carbocycles. The van der Waals surface area contributed by atoms with Crippen molar-refractivity contribution >= 4 is 41.9 Å². The lowest BCUT2D eigenvalue weighted by Crippen LogP contribution is -2.51. The van der Waals surface area contributed by atoms with Gasteiger partial charge in [-0.1, -0.05) is 12.1 Å². The van der Waals surface area contributed by atoms with Crippen LogP contribution in [-0.2, 0) is 11.2 Å². The van der Waals surface area contributed by atoms with Crippen LogP contribution in [0.1, 0.15) is 36.7 Å². The van der Waals surface area contributed by atoms with Crippen LogP contribution in [0.2, 0.25) is 0 Å². The van der Waals surface area contributed by atoms with E-state index < -0.39 is 5.60 Å². The first-order valence-corrected chi connectivity index (χ1v) is 11.2. The van der Waals surface area contributed by atoms with Gasteiger partial charge in [0, 0.05) is 65.5 Å². The van der Waals surface area contributed by atoms with Gasteiger partial charge >= 0.3 is 6.09 Å². The number of piperazine rings is 1. The van der Waals surface area contributed by atoms with Crippen LogP contribution in [0.3, 0.4) is 0 Å². The van der Waals surface area contributed by atoms with Crippen molar-refractivity contribution in [2.24, 2.45) is 4.99 Å². The van der Waals surface area contributed by atoms with E-state index in [-0.39, 0.29) is 36.0 Å². The van der Waals surface area contributed by atoms with Crippen LogP contribution in [0.15, 0.2) is 29.3 Å². The Morgan fingerprint density at radius 1 is 1.09 bits per heavy atom. The third-order valence-electron chi connectivity index (χ3n) is 5.09. The molecule has 0 aromatic heterocycles. The number of rotatable bonds is 7. The lowest BCUT2D eigenvalue weighted by molar-refractivity contribution is 0.0147. The van der Waals surface area contributed by atoms with Crippen LogP contribution in [0.25, 0.3) is 0 Å². The molecule has 0 spiro atoms. The molecular weight excluding hydrogens is 535 g/mol. The van der Waals surface area contributed by atoms with Gasteiger partial charge in [-0.2, -0.15) is 0 Å². The number of amides is 2. The molecule has 1 heterocycles. The van der Waals surface area contributed by atoms with Crippen molar-refractivity contribution in [1.82, 2.24) is 25.8 Å². The Labute approximate surface area is 214 Å². The van der Waals surface area contributed by atoms with Crippen LogP contribution >= 0.6 is 24.0 Å². The molecule has 0 unspecified atom stereocenters. The van der Waals surface area contributed by atoms with Gasteiger partial charge in [-0.05, 0) is 44.9 Å². The van der Waals surface area contributed by atoms with E-state index in [1.165, 1.54) is 0 Å². The number of aliphatic imine (C=N–C) groups is 1. The van der Waals surface area contributed by atoms with Crippen molar-refractivity contribution in [3.63, 3.8) is 0 Å². The van der Waals surface area contributed by atoms with Gasteiger partial charge in [0.1, 0.15) is 5.60 Å². The molecule has 9 nitrogen and oxygen atoms in total. The molecule has 2 rings (SSSR count). The minimum atomic E-state index is -0.464. The van der Waals surface area contributed by atoms with Crippen LogP contribution in [0.5, 0.6) is 0 Å². The van der Waals surface area contributed by atoms with Crippen molar-refractivity contribution in [2.45, 2.75) is 32.8 Å². The number of benzene rings is 1. The summed E-state index contributed by atoms with van der Waals surface area (Å²) in [5.41, 5.74) is 1.30. The average molecular weight is 575 g/mol. The molecule has 1 fully saturated rings. The summed E-state index contributed by atoms with van der Waals surface area (Å²) in [5, 5.41) is 9.29. The fourth-order valence-electron chi connectivity index (χ4n) is 3.37. The Morgan fingerprint density at radius 2 is 1.76 bits per heavy atom. The summed E-state index contributed by atoms with van der Waals surface area (Å²) < 4.78 is 5.45. The number of carbonyl (C=O) groups is 2. The van der Waals surface area contributed by atoms with Gasteiger partial charge < -0.3 is 25.6 Å². The van der Waals surface area contributed by atoms with Crippen molar-refractivity contribution in [2.75, 3.05) is 59.9 Å². The number of hydrogen-bond donors (Lipinski definition) is 3. The predicted octanol–water partition coefficient (Wildman–Crippen LogP) is 1.92. The van der Waals surface area contributed by atoms with E-state index in [0.29, 0.717) is 25.2 Å². The molecule has 1 aromatic rings. The van der Waals surface area contributed by atoms with Gasteiger partial charge in [0.2, 0.25) is 0 Å². The summed E-state index contributed by atoms with van der Waals surface area (Å²) in [6.07, 6.45) is 0.554. The molecule has 1 aliphatic heterocycles. The number of guanidine groups is 1. The highest BCUT2D eigenvalue weighted by molar-refractivity contribution is 14.0. The molecule has 2 amide bonds. The van der Waals surface area contributed by atoms with Crippen molar-refractivity contribution in [3.05, 3.63) is 35.4 Å². The minimum absolute atomic E-state index is 0. The van der Waals surface area contributed by atoms with Gasteiger partial charge in [-0.25, -0.2) is 4.79 Å². The summed E-state index contributed by atoms with van der Waals surface area (Å²) in [6.45, 7) is 11.0. The summed E-state index contributed by atoms with van der Waals surface area (Å²) in [4.78, 5) is 32.3. The first kappa shape index (κ1) is 29.0. The van der Waals surface area contributed by atoms with E-state index in [1.54, 1.807) is 19.0 Å². The van der Waals surface area contributed by atoms with Crippen molar-refractivity contribution in [3.8, 4) is 0 Å². The zero-order valence-corrected chi connectivity index (χ0v) is 22.8. The maximum absolute atomic E-state index is 12.2. The van der Waals surface area contributed by atoms with Crippen molar-refractivity contribution < 1.29 is 14.3 Å². The van der Waals surface area contributed by atoms with Crippen LogP contribution in [0, 0.1) is 0 Å². The standard InChI is InChI=1S/C23H38N6O3.HI/c1-23(2,3)32-22(31)29-15-13-28(14-16-29)12-11-27-21(25-5)26-10-9-18-7-6-8-19(17-18)20(30)24-4;/h6-8,17H,9-16H2,1-5H3,(H,24,30)(H2,25,26,27);1H. The second-order valence-corrected chi connectivity index (χ2v) is 8.76. The number of ether oxygens (including phenoxy) is 1. The van der Waals surface area contributed by atoms with Crippen molar-refractivity contribution in [1.29, 1.82) is 0 Å². The Bertz CT molecular complexity index is 789. The van der Waals surface area contributed by atoms with Gasteiger partial charge in [0.05, 0.1) is 0 Å². The Kier molecular flexibility index (Phi) is 12.5. The van der Waals surface area contributed by atoms with Gasteiger partial charge in [0.25, 0.3) is 5.91 Å². The summed E-state index contributed by atoms with van der Waals surface area (Å²) in [5.74, 6) is 0.670. The molecule has 10 heteroatoms. The molecule has 3 N–H and O–H groups in total. The molecule has 33 heavy (non-hydrogen) atoms. The number of nitrogens with zero attached hydrogens (tertiary/aromatic N) is 3. The Morgan fingerprint density at radius 3 is 2.36 bits per heavy atom. The number of nitrogens with one attached hydrogen (secondary N) is 3. The summed E-state index contributed by atoms with van der Waals surface area (Å²) >= 11 is 0. The van der Waals surface area contributed by atoms with E-state index in [9.17, 15) is 9.59 Å². The molecule has 1 aromatic carbocycles. The topological polar surface area (TPSA) is 98.3 Å². The van der Waals surface area contributed by atoms with E-state index >= 15 is 0 Å². The number of halogens is 1. The van der Waals surface area contributed by atoms with Crippen LogP contribution in [0.4, 0.5) is 4.79 Å². The monoisotopic (exact) mass is 574 g/mol. The highest BCUT2D eigenvalue weighted by Crippen LogP contribution is 2.11. The lowest BCUT2D eigenvalue weighted by atomic mass is 10.1. The van der Waals surface area contributed by atoms with E-state index in [4.69, 9.17) is 4.74 Å². The zero-order chi connectivity index (χ0) is 23.6. The number of hydrogen-bond acceptors (Lipinski definition) is 5. The average Bonchev–Trinajstić information content (AvgIpc) is 2.77. The second kappa shape index (κ2) is 14.2. The molecule has 1 saturated heterocycles. The van der Waals surface area contributed by atoms with Crippen LogP contribution < -0.4 is 16.0 Å². The van der Waals surface area contributed by atoms with Gasteiger partial charge in [-0.15, -0.1) is 24.0 Å². The maximum atomic E-state index is 12.2. The molecule has 186 valence electrons. The second-order valence-electron chi connectivity index (χ2n) is 8.76. The lowest BCUT2D eigenvalue weighted by Gasteiger charge is -2.35. The third kappa shape index (κ3) is 10.6. The molecule has 0 bridgehead atoms. The van der Waals surface area contributed by atoms with Gasteiger partial charge in [-0.3, -0.25) is 14.7 Å². The highest BCUT2D eigenvalue weighted by atomic mass is 127. The molecule has 1 aliphatic rings. The quantitative estimate of drug-likeness (QED) is 0.262. The zero-order valence-electron chi connectivity index (χ0n) is 20.4.